The minimum Gasteiger partial charge on any atom is -0.465 e. The van der Waals surface area contributed by atoms with Crippen LogP contribution in [0.3, 0.4) is 0 Å². The Kier molecular flexibility index (Phi) is 3.28. The normalized spacial score (nSPS) is 10.1. The molecule has 0 atom stereocenters. The Balaban J connectivity index is 2.75. The lowest BCUT2D eigenvalue weighted by Crippen LogP contribution is -2.15. The molecule has 92 valence electrons. The van der Waals surface area contributed by atoms with Crippen LogP contribution < -0.4 is 5.56 Å². The minimum atomic E-state index is -0.465. The van der Waals surface area contributed by atoms with Crippen LogP contribution in [0.2, 0.25) is 0 Å². The number of methoxy groups -OCH3 is 1. The maximum absolute atomic E-state index is 11.7. The van der Waals surface area contributed by atoms with Crippen molar-refractivity contribution in [2.45, 2.75) is 6.92 Å². The number of hydrogen-bond donors (Lipinski definition) is 1. The number of ether oxygens (including phenoxy) is 1. The van der Waals surface area contributed by atoms with Gasteiger partial charge in [0.1, 0.15) is 0 Å². The first-order chi connectivity index (χ1) is 8.65. The average Bonchev–Trinajstić information content (AvgIpc) is 2.41. The second kappa shape index (κ2) is 4.87. The van der Waals surface area contributed by atoms with Crippen molar-refractivity contribution in [3.8, 4) is 11.1 Å². The highest BCUT2D eigenvalue weighted by molar-refractivity contribution is 5.97. The molecule has 4 nitrogen and oxygen atoms in total. The SMILES string of the molecule is COC(=O)c1c[nH]c(=O)c(C)c1-c1ccccc1. The summed E-state index contributed by atoms with van der Waals surface area (Å²) in [6.45, 7) is 1.69. The van der Waals surface area contributed by atoms with Gasteiger partial charge < -0.3 is 9.72 Å². The number of aromatic amines is 1. The fourth-order valence-corrected chi connectivity index (χ4v) is 1.88. The van der Waals surface area contributed by atoms with Crippen molar-refractivity contribution in [1.29, 1.82) is 0 Å². The summed E-state index contributed by atoms with van der Waals surface area (Å²) in [5.74, 6) is -0.465. The summed E-state index contributed by atoms with van der Waals surface area (Å²) in [5, 5.41) is 0. The Hall–Kier alpha value is -2.36. The molecular formula is C14H13NO3. The minimum absolute atomic E-state index is 0.207. The average molecular weight is 243 g/mol. The van der Waals surface area contributed by atoms with Gasteiger partial charge in [0, 0.05) is 17.3 Å². The van der Waals surface area contributed by atoms with Crippen molar-refractivity contribution >= 4 is 5.97 Å². The summed E-state index contributed by atoms with van der Waals surface area (Å²) in [6, 6.07) is 9.31. The predicted molar refractivity (Wildman–Crippen MR) is 68.6 cm³/mol. The molecule has 18 heavy (non-hydrogen) atoms. The van der Waals surface area contributed by atoms with Gasteiger partial charge in [0.05, 0.1) is 12.7 Å². The van der Waals surface area contributed by atoms with E-state index in [0.29, 0.717) is 16.7 Å². The Morgan fingerprint density at radius 1 is 1.22 bits per heavy atom. The largest absolute Gasteiger partial charge is 0.465 e. The van der Waals surface area contributed by atoms with Crippen molar-refractivity contribution in [3.05, 3.63) is 58.0 Å². The molecule has 0 saturated carbocycles. The molecule has 0 fully saturated rings. The molecule has 0 aliphatic carbocycles. The van der Waals surface area contributed by atoms with Crippen molar-refractivity contribution in [2.75, 3.05) is 7.11 Å². The van der Waals surface area contributed by atoms with Gasteiger partial charge in [0.2, 0.25) is 0 Å². The van der Waals surface area contributed by atoms with Crippen LogP contribution in [0.15, 0.2) is 41.3 Å². The fourth-order valence-electron chi connectivity index (χ4n) is 1.88. The van der Waals surface area contributed by atoms with Crippen molar-refractivity contribution in [3.63, 3.8) is 0 Å². The maximum atomic E-state index is 11.7. The molecule has 1 aromatic heterocycles. The van der Waals surface area contributed by atoms with Crippen LogP contribution in [0.1, 0.15) is 15.9 Å². The molecule has 0 saturated heterocycles. The molecule has 2 rings (SSSR count). The quantitative estimate of drug-likeness (QED) is 0.822. The molecule has 4 heteroatoms. The molecule has 0 bridgehead atoms. The van der Waals surface area contributed by atoms with Crippen molar-refractivity contribution in [2.24, 2.45) is 0 Å². The maximum Gasteiger partial charge on any atom is 0.339 e. The first kappa shape index (κ1) is 12.1. The van der Waals surface area contributed by atoms with Gasteiger partial charge in [-0.1, -0.05) is 30.3 Å². The Morgan fingerprint density at radius 3 is 2.50 bits per heavy atom. The van der Waals surface area contributed by atoms with Gasteiger partial charge in [-0.05, 0) is 12.5 Å². The van der Waals surface area contributed by atoms with Crippen molar-refractivity contribution < 1.29 is 9.53 Å². The molecule has 0 radical (unpaired) electrons. The molecule has 0 amide bonds. The standard InChI is InChI=1S/C14H13NO3/c1-9-12(10-6-4-3-5-7-10)11(14(17)18-2)8-15-13(9)16/h3-8H,1-2H3,(H,15,16). The smallest absolute Gasteiger partial charge is 0.339 e. The van der Waals surface area contributed by atoms with Crippen LogP contribution in [0.25, 0.3) is 11.1 Å². The van der Waals surface area contributed by atoms with E-state index in [9.17, 15) is 9.59 Å². The van der Waals surface area contributed by atoms with E-state index >= 15 is 0 Å². The Labute approximate surface area is 104 Å². The van der Waals surface area contributed by atoms with E-state index in [2.05, 4.69) is 4.98 Å². The van der Waals surface area contributed by atoms with Gasteiger partial charge in [-0.25, -0.2) is 4.79 Å². The van der Waals surface area contributed by atoms with Crippen LogP contribution in [0.5, 0.6) is 0 Å². The second-order valence-corrected chi connectivity index (χ2v) is 3.89. The van der Waals surface area contributed by atoms with E-state index in [1.165, 1.54) is 13.3 Å². The highest BCUT2D eigenvalue weighted by atomic mass is 16.5. The zero-order chi connectivity index (χ0) is 13.1. The number of pyridine rings is 1. The second-order valence-electron chi connectivity index (χ2n) is 3.89. The zero-order valence-corrected chi connectivity index (χ0v) is 10.2. The summed E-state index contributed by atoms with van der Waals surface area (Å²) in [6.07, 6.45) is 1.39. The molecule has 0 aliphatic heterocycles. The van der Waals surface area contributed by atoms with Gasteiger partial charge in [0.15, 0.2) is 0 Å². The molecule has 0 aliphatic rings. The number of carbonyl (C=O) groups is 1. The van der Waals surface area contributed by atoms with E-state index in [4.69, 9.17) is 4.74 Å². The number of nitrogens with one attached hydrogen (secondary N) is 1. The lowest BCUT2D eigenvalue weighted by Gasteiger charge is -2.10. The summed E-state index contributed by atoms with van der Waals surface area (Å²) < 4.78 is 4.73. The van der Waals surface area contributed by atoms with E-state index < -0.39 is 5.97 Å². The van der Waals surface area contributed by atoms with Gasteiger partial charge in [-0.15, -0.1) is 0 Å². The first-order valence-electron chi connectivity index (χ1n) is 5.51. The number of hydrogen-bond acceptors (Lipinski definition) is 3. The molecule has 1 N–H and O–H groups in total. The summed E-state index contributed by atoms with van der Waals surface area (Å²) >= 11 is 0. The molecule has 1 aromatic carbocycles. The van der Waals surface area contributed by atoms with Gasteiger partial charge in [-0.2, -0.15) is 0 Å². The number of H-pyrrole nitrogens is 1. The van der Waals surface area contributed by atoms with Gasteiger partial charge in [-0.3, -0.25) is 4.79 Å². The number of esters is 1. The monoisotopic (exact) mass is 243 g/mol. The van der Waals surface area contributed by atoms with Crippen molar-refractivity contribution in [1.82, 2.24) is 4.98 Å². The third kappa shape index (κ3) is 2.05. The zero-order valence-electron chi connectivity index (χ0n) is 10.2. The Bertz CT molecular complexity index is 629. The molecule has 1 heterocycles. The highest BCUT2D eigenvalue weighted by Gasteiger charge is 2.17. The Morgan fingerprint density at radius 2 is 1.89 bits per heavy atom. The summed E-state index contributed by atoms with van der Waals surface area (Å²) in [5.41, 5.74) is 2.10. The summed E-state index contributed by atoms with van der Waals surface area (Å²) in [4.78, 5) is 25.9. The van der Waals surface area contributed by atoms with Gasteiger partial charge >= 0.3 is 5.97 Å². The molecule has 0 unspecified atom stereocenters. The number of aromatic nitrogens is 1. The third-order valence-electron chi connectivity index (χ3n) is 2.80. The van der Waals surface area contributed by atoms with Crippen LogP contribution in [0, 0.1) is 6.92 Å². The highest BCUT2D eigenvalue weighted by Crippen LogP contribution is 2.25. The van der Waals surface area contributed by atoms with Crippen LogP contribution in [-0.2, 0) is 4.74 Å². The number of carbonyl (C=O) groups excluding carboxylic acids is 1. The van der Waals surface area contributed by atoms with E-state index in [1.54, 1.807) is 6.92 Å². The van der Waals surface area contributed by atoms with E-state index in [0.717, 1.165) is 5.56 Å². The van der Waals surface area contributed by atoms with Gasteiger partial charge in [0.25, 0.3) is 5.56 Å². The first-order valence-corrected chi connectivity index (χ1v) is 5.51. The number of rotatable bonds is 2. The number of benzene rings is 1. The molecular weight excluding hydrogens is 230 g/mol. The van der Waals surface area contributed by atoms with E-state index in [-0.39, 0.29) is 5.56 Å². The van der Waals surface area contributed by atoms with E-state index in [1.807, 2.05) is 30.3 Å². The predicted octanol–water partition coefficient (Wildman–Crippen LogP) is 2.14. The summed E-state index contributed by atoms with van der Waals surface area (Å²) in [7, 11) is 1.32. The topological polar surface area (TPSA) is 59.2 Å². The molecule has 2 aromatic rings. The third-order valence-corrected chi connectivity index (χ3v) is 2.80. The lowest BCUT2D eigenvalue weighted by atomic mass is 9.97. The van der Waals surface area contributed by atoms with Crippen LogP contribution in [0.4, 0.5) is 0 Å². The lowest BCUT2D eigenvalue weighted by molar-refractivity contribution is 0.0601. The molecule has 0 spiro atoms. The van der Waals surface area contributed by atoms with Crippen LogP contribution in [-0.4, -0.2) is 18.1 Å². The van der Waals surface area contributed by atoms with Crippen LogP contribution >= 0.6 is 0 Å². The fraction of sp³-hybridized carbons (Fsp3) is 0.143.